The van der Waals surface area contributed by atoms with Gasteiger partial charge in [-0.25, -0.2) is 0 Å². The van der Waals surface area contributed by atoms with Crippen LogP contribution < -0.4 is 5.32 Å². The number of aliphatic carboxylic acids is 1. The molecule has 0 bridgehead atoms. The highest BCUT2D eigenvalue weighted by atomic mass is 32.2. The van der Waals surface area contributed by atoms with Crippen molar-refractivity contribution in [3.05, 3.63) is 12.3 Å². The lowest BCUT2D eigenvalue weighted by molar-refractivity contribution is -0.133. The SMILES string of the molecule is O=C(O)CSCC(=O)Nc1ccon1. The van der Waals surface area contributed by atoms with Gasteiger partial charge in [-0.15, -0.1) is 11.8 Å². The lowest BCUT2D eigenvalue weighted by Crippen LogP contribution is -2.15. The number of hydrogen-bond acceptors (Lipinski definition) is 5. The minimum atomic E-state index is -0.941. The molecule has 0 spiro atoms. The first-order valence-electron chi connectivity index (χ1n) is 3.68. The van der Waals surface area contributed by atoms with E-state index in [1.807, 2.05) is 0 Å². The molecule has 1 amide bonds. The number of nitrogens with zero attached hydrogens (tertiary/aromatic N) is 1. The van der Waals surface area contributed by atoms with Crippen LogP contribution in [-0.2, 0) is 9.59 Å². The summed E-state index contributed by atoms with van der Waals surface area (Å²) in [7, 11) is 0. The van der Waals surface area contributed by atoms with Crippen molar-refractivity contribution in [2.75, 3.05) is 16.8 Å². The van der Waals surface area contributed by atoms with Crippen LogP contribution in [0.4, 0.5) is 5.82 Å². The number of nitrogens with one attached hydrogen (secondary N) is 1. The van der Waals surface area contributed by atoms with Crippen LogP contribution in [0.1, 0.15) is 0 Å². The summed E-state index contributed by atoms with van der Waals surface area (Å²) in [6, 6.07) is 1.50. The number of hydrogen-bond donors (Lipinski definition) is 2. The minimum Gasteiger partial charge on any atom is -0.481 e. The second-order valence-electron chi connectivity index (χ2n) is 2.32. The van der Waals surface area contributed by atoms with E-state index in [9.17, 15) is 9.59 Å². The van der Waals surface area contributed by atoms with Gasteiger partial charge in [-0.3, -0.25) is 9.59 Å². The molecule has 0 atom stereocenters. The molecule has 1 rings (SSSR count). The van der Waals surface area contributed by atoms with E-state index in [2.05, 4.69) is 15.0 Å². The van der Waals surface area contributed by atoms with Gasteiger partial charge in [0.15, 0.2) is 5.82 Å². The molecule has 76 valence electrons. The minimum absolute atomic E-state index is 0.0825. The Morgan fingerprint density at radius 3 is 2.93 bits per heavy atom. The Bertz CT molecular complexity index is 311. The molecule has 0 radical (unpaired) electrons. The highest BCUT2D eigenvalue weighted by Gasteiger charge is 2.05. The van der Waals surface area contributed by atoms with Crippen LogP contribution in [0.2, 0.25) is 0 Å². The fourth-order valence-corrected chi connectivity index (χ4v) is 1.22. The molecule has 7 heteroatoms. The van der Waals surface area contributed by atoms with E-state index < -0.39 is 5.97 Å². The Labute approximate surface area is 83.6 Å². The standard InChI is InChI=1S/C7H8N2O4S/c10-6(3-14-4-7(11)12)8-5-1-2-13-9-5/h1-2H,3-4H2,(H,11,12)(H,8,9,10). The molecule has 0 unspecified atom stereocenters. The Morgan fingerprint density at radius 1 is 1.57 bits per heavy atom. The first-order valence-corrected chi connectivity index (χ1v) is 4.83. The molecule has 1 heterocycles. The van der Waals surface area contributed by atoms with Crippen LogP contribution in [0.25, 0.3) is 0 Å². The van der Waals surface area contributed by atoms with E-state index in [-0.39, 0.29) is 17.4 Å². The zero-order valence-corrected chi connectivity index (χ0v) is 7.91. The van der Waals surface area contributed by atoms with Crippen LogP contribution in [0.3, 0.4) is 0 Å². The third-order valence-electron chi connectivity index (χ3n) is 1.16. The maximum Gasteiger partial charge on any atom is 0.313 e. The molecule has 1 aromatic rings. The summed E-state index contributed by atoms with van der Waals surface area (Å²) in [5.74, 6) is -0.925. The van der Waals surface area contributed by atoms with Crippen molar-refractivity contribution < 1.29 is 19.2 Å². The number of carbonyl (C=O) groups excluding carboxylic acids is 1. The molecule has 0 aromatic carbocycles. The van der Waals surface area contributed by atoms with Gasteiger partial charge < -0.3 is 14.9 Å². The summed E-state index contributed by atoms with van der Waals surface area (Å²) >= 11 is 1.02. The number of amides is 1. The van der Waals surface area contributed by atoms with Crippen molar-refractivity contribution >= 4 is 29.5 Å². The van der Waals surface area contributed by atoms with Crippen molar-refractivity contribution in [2.24, 2.45) is 0 Å². The van der Waals surface area contributed by atoms with Crippen molar-refractivity contribution in [3.63, 3.8) is 0 Å². The van der Waals surface area contributed by atoms with Crippen LogP contribution >= 0.6 is 11.8 Å². The maximum absolute atomic E-state index is 11.1. The fraction of sp³-hybridized carbons (Fsp3) is 0.286. The van der Waals surface area contributed by atoms with Crippen LogP contribution in [0.5, 0.6) is 0 Å². The van der Waals surface area contributed by atoms with Gasteiger partial charge in [-0.1, -0.05) is 5.16 Å². The monoisotopic (exact) mass is 216 g/mol. The smallest absolute Gasteiger partial charge is 0.313 e. The molecular formula is C7H8N2O4S. The summed E-state index contributed by atoms with van der Waals surface area (Å²) < 4.78 is 4.49. The summed E-state index contributed by atoms with van der Waals surface area (Å²) in [5, 5.41) is 14.2. The summed E-state index contributed by atoms with van der Waals surface area (Å²) in [6.07, 6.45) is 1.33. The third-order valence-corrected chi connectivity index (χ3v) is 2.08. The Morgan fingerprint density at radius 2 is 2.36 bits per heavy atom. The zero-order valence-electron chi connectivity index (χ0n) is 7.10. The Balaban J connectivity index is 2.20. The summed E-state index contributed by atoms with van der Waals surface area (Å²) in [4.78, 5) is 21.2. The van der Waals surface area contributed by atoms with E-state index >= 15 is 0 Å². The number of carbonyl (C=O) groups is 2. The zero-order chi connectivity index (χ0) is 10.4. The van der Waals surface area contributed by atoms with E-state index in [1.165, 1.54) is 12.3 Å². The lowest BCUT2D eigenvalue weighted by atomic mass is 10.6. The van der Waals surface area contributed by atoms with Gasteiger partial charge in [0.25, 0.3) is 0 Å². The number of carboxylic acids is 1. The van der Waals surface area contributed by atoms with Gasteiger partial charge in [-0.2, -0.15) is 0 Å². The van der Waals surface area contributed by atoms with Gasteiger partial charge in [0, 0.05) is 6.07 Å². The predicted octanol–water partition coefficient (Wildman–Crippen LogP) is 0.431. The Kier molecular flexibility index (Phi) is 3.99. The molecule has 0 fully saturated rings. The maximum atomic E-state index is 11.1. The van der Waals surface area contributed by atoms with Gasteiger partial charge in [0.1, 0.15) is 6.26 Å². The molecule has 0 saturated heterocycles. The van der Waals surface area contributed by atoms with Gasteiger partial charge >= 0.3 is 5.97 Å². The average Bonchev–Trinajstić information content (AvgIpc) is 2.56. The number of carboxylic acid groups (broad SMARTS) is 1. The molecule has 14 heavy (non-hydrogen) atoms. The van der Waals surface area contributed by atoms with Crippen molar-refractivity contribution in [3.8, 4) is 0 Å². The molecule has 6 nitrogen and oxygen atoms in total. The predicted molar refractivity (Wildman–Crippen MR) is 50.1 cm³/mol. The fourth-order valence-electron chi connectivity index (χ4n) is 0.687. The third kappa shape index (κ3) is 3.94. The van der Waals surface area contributed by atoms with Gasteiger partial charge in [0.2, 0.25) is 5.91 Å². The van der Waals surface area contributed by atoms with Gasteiger partial charge in [0.05, 0.1) is 11.5 Å². The quantitative estimate of drug-likeness (QED) is 0.741. The van der Waals surface area contributed by atoms with Crippen molar-refractivity contribution in [1.29, 1.82) is 0 Å². The molecular weight excluding hydrogens is 208 g/mol. The van der Waals surface area contributed by atoms with Crippen LogP contribution in [0, 0.1) is 0 Å². The number of aromatic nitrogens is 1. The first kappa shape index (κ1) is 10.6. The number of anilines is 1. The van der Waals surface area contributed by atoms with Crippen LogP contribution in [0.15, 0.2) is 16.9 Å². The second-order valence-corrected chi connectivity index (χ2v) is 3.30. The van der Waals surface area contributed by atoms with E-state index in [1.54, 1.807) is 0 Å². The van der Waals surface area contributed by atoms with E-state index in [4.69, 9.17) is 5.11 Å². The normalized spacial score (nSPS) is 9.71. The van der Waals surface area contributed by atoms with Crippen LogP contribution in [-0.4, -0.2) is 33.6 Å². The molecule has 0 aliphatic heterocycles. The first-order chi connectivity index (χ1) is 6.68. The molecule has 0 saturated carbocycles. The van der Waals surface area contributed by atoms with Crippen molar-refractivity contribution in [2.45, 2.75) is 0 Å². The second kappa shape index (κ2) is 5.28. The molecule has 0 aliphatic rings. The lowest BCUT2D eigenvalue weighted by Gasteiger charge is -1.98. The van der Waals surface area contributed by atoms with Gasteiger partial charge in [-0.05, 0) is 0 Å². The topological polar surface area (TPSA) is 92.4 Å². The summed E-state index contributed by atoms with van der Waals surface area (Å²) in [6.45, 7) is 0. The largest absolute Gasteiger partial charge is 0.481 e. The number of thioether (sulfide) groups is 1. The highest BCUT2D eigenvalue weighted by Crippen LogP contribution is 2.04. The summed E-state index contributed by atoms with van der Waals surface area (Å²) in [5.41, 5.74) is 0. The molecule has 1 aromatic heterocycles. The molecule has 0 aliphatic carbocycles. The number of rotatable bonds is 5. The average molecular weight is 216 g/mol. The van der Waals surface area contributed by atoms with E-state index in [0.29, 0.717) is 5.82 Å². The highest BCUT2D eigenvalue weighted by molar-refractivity contribution is 8.00. The molecule has 2 N–H and O–H groups in total. The Hall–Kier alpha value is -1.50. The van der Waals surface area contributed by atoms with E-state index in [0.717, 1.165) is 11.8 Å². The van der Waals surface area contributed by atoms with Crippen molar-refractivity contribution in [1.82, 2.24) is 5.16 Å².